The van der Waals surface area contributed by atoms with Crippen LogP contribution in [0, 0.1) is 18.7 Å². The van der Waals surface area contributed by atoms with Gasteiger partial charge in [0.05, 0.1) is 24.2 Å². The van der Waals surface area contributed by atoms with Gasteiger partial charge < -0.3 is 15.5 Å². The third-order valence-electron chi connectivity index (χ3n) is 6.24. The van der Waals surface area contributed by atoms with Gasteiger partial charge in [-0.2, -0.15) is 0 Å². The molecule has 2 N–H and O–H groups in total. The lowest BCUT2D eigenvalue weighted by atomic mass is 9.88. The smallest absolute Gasteiger partial charge is 0.318 e. The Hall–Kier alpha value is -3.74. The molecule has 0 unspecified atom stereocenters. The molecule has 34 heavy (non-hydrogen) atoms. The van der Waals surface area contributed by atoms with E-state index in [0.29, 0.717) is 31.5 Å². The first kappa shape index (κ1) is 23.4. The van der Waals surface area contributed by atoms with E-state index in [1.807, 2.05) is 48.5 Å². The zero-order valence-corrected chi connectivity index (χ0v) is 19.2. The van der Waals surface area contributed by atoms with E-state index < -0.39 is 0 Å². The normalized spacial score (nSPS) is 17.8. The summed E-state index contributed by atoms with van der Waals surface area (Å²) in [6.45, 7) is 2.74. The average molecular weight is 461 g/mol. The number of rotatable bonds is 6. The van der Waals surface area contributed by atoms with Gasteiger partial charge in [0.1, 0.15) is 5.82 Å². The topological polar surface area (TPSA) is 74.3 Å². The first-order valence-corrected chi connectivity index (χ1v) is 11.5. The minimum atomic E-state index is -0.330. The SMILES string of the molecule is Cc1cc([C@H]2CC[C@@H](C(=O)NCc3ccccn3)CN2C(=O)NCc2ccccc2)ccc1F. The second-order valence-electron chi connectivity index (χ2n) is 8.63. The molecule has 1 aliphatic heterocycles. The molecule has 1 aromatic heterocycles. The van der Waals surface area contributed by atoms with E-state index in [9.17, 15) is 14.0 Å². The molecular formula is C27H29FN4O2. The number of hydrogen-bond acceptors (Lipinski definition) is 3. The highest BCUT2D eigenvalue weighted by atomic mass is 19.1. The van der Waals surface area contributed by atoms with Crippen molar-refractivity contribution in [1.29, 1.82) is 0 Å². The van der Waals surface area contributed by atoms with E-state index in [-0.39, 0.29) is 36.3 Å². The molecule has 7 heteroatoms. The van der Waals surface area contributed by atoms with E-state index in [0.717, 1.165) is 16.8 Å². The van der Waals surface area contributed by atoms with Crippen molar-refractivity contribution in [3.05, 3.63) is 101 Å². The van der Waals surface area contributed by atoms with Gasteiger partial charge in [-0.25, -0.2) is 9.18 Å². The molecular weight excluding hydrogens is 431 g/mol. The summed E-state index contributed by atoms with van der Waals surface area (Å²) >= 11 is 0. The van der Waals surface area contributed by atoms with Crippen LogP contribution in [0.2, 0.25) is 0 Å². The number of amides is 3. The molecule has 176 valence electrons. The molecule has 0 aliphatic carbocycles. The first-order chi connectivity index (χ1) is 16.5. The van der Waals surface area contributed by atoms with Crippen molar-refractivity contribution in [2.75, 3.05) is 6.54 Å². The van der Waals surface area contributed by atoms with Crippen LogP contribution < -0.4 is 10.6 Å². The van der Waals surface area contributed by atoms with Crippen molar-refractivity contribution >= 4 is 11.9 Å². The Morgan fingerprint density at radius 3 is 2.53 bits per heavy atom. The van der Waals surface area contributed by atoms with Gasteiger partial charge in [-0.3, -0.25) is 9.78 Å². The summed E-state index contributed by atoms with van der Waals surface area (Å²) in [6, 6.07) is 19.7. The number of nitrogens with one attached hydrogen (secondary N) is 2. The summed E-state index contributed by atoms with van der Waals surface area (Å²) in [4.78, 5) is 32.1. The summed E-state index contributed by atoms with van der Waals surface area (Å²) in [5, 5.41) is 5.93. The second kappa shape index (κ2) is 10.9. The second-order valence-corrected chi connectivity index (χ2v) is 8.63. The maximum absolute atomic E-state index is 13.9. The summed E-state index contributed by atoms with van der Waals surface area (Å²) in [7, 11) is 0. The van der Waals surface area contributed by atoms with Crippen molar-refractivity contribution in [3.8, 4) is 0 Å². The molecule has 2 atom stereocenters. The Bertz CT molecular complexity index is 1120. The van der Waals surface area contributed by atoms with Crippen LogP contribution in [0.4, 0.5) is 9.18 Å². The number of nitrogens with zero attached hydrogens (tertiary/aromatic N) is 2. The standard InChI is InChI=1S/C27H29FN4O2/c1-19-15-21(10-12-24(19)28)25-13-11-22(26(33)30-17-23-9-5-6-14-29-23)18-32(25)27(34)31-16-20-7-3-2-4-8-20/h2-10,12,14-15,22,25H,11,13,16-18H2,1H3,(H,30,33)(H,31,34)/t22-,25-/m1/s1. The van der Waals surface area contributed by atoms with E-state index in [1.54, 1.807) is 30.2 Å². The lowest BCUT2D eigenvalue weighted by Crippen LogP contribution is -2.50. The molecule has 6 nitrogen and oxygen atoms in total. The number of aryl methyl sites for hydroxylation is 1. The predicted octanol–water partition coefficient (Wildman–Crippen LogP) is 4.51. The summed E-state index contributed by atoms with van der Waals surface area (Å²) in [6.07, 6.45) is 2.94. The van der Waals surface area contributed by atoms with Crippen molar-refractivity contribution in [1.82, 2.24) is 20.5 Å². The molecule has 0 radical (unpaired) electrons. The van der Waals surface area contributed by atoms with Crippen LogP contribution in [0.1, 0.15) is 41.3 Å². The third kappa shape index (κ3) is 5.78. The quantitative estimate of drug-likeness (QED) is 0.569. The number of hydrogen-bond donors (Lipinski definition) is 2. The molecule has 3 amide bonds. The lowest BCUT2D eigenvalue weighted by Gasteiger charge is -2.39. The highest BCUT2D eigenvalue weighted by molar-refractivity contribution is 5.81. The fraction of sp³-hybridized carbons (Fsp3) is 0.296. The van der Waals surface area contributed by atoms with Crippen LogP contribution in [0.25, 0.3) is 0 Å². The van der Waals surface area contributed by atoms with Gasteiger partial charge in [-0.05, 0) is 54.7 Å². The van der Waals surface area contributed by atoms with Gasteiger partial charge in [0.25, 0.3) is 0 Å². The van der Waals surface area contributed by atoms with Crippen LogP contribution >= 0.6 is 0 Å². The fourth-order valence-corrected chi connectivity index (χ4v) is 4.33. The Balaban J connectivity index is 1.47. The zero-order valence-electron chi connectivity index (χ0n) is 19.2. The van der Waals surface area contributed by atoms with Gasteiger partial charge in [0.2, 0.25) is 5.91 Å². The maximum Gasteiger partial charge on any atom is 0.318 e. The molecule has 2 aromatic carbocycles. The number of benzene rings is 2. The number of piperidine rings is 1. The largest absolute Gasteiger partial charge is 0.350 e. The van der Waals surface area contributed by atoms with Crippen molar-refractivity contribution in [3.63, 3.8) is 0 Å². The number of likely N-dealkylation sites (tertiary alicyclic amines) is 1. The monoisotopic (exact) mass is 460 g/mol. The van der Waals surface area contributed by atoms with Gasteiger partial charge in [-0.15, -0.1) is 0 Å². The van der Waals surface area contributed by atoms with Crippen LogP contribution in [0.5, 0.6) is 0 Å². The average Bonchev–Trinajstić information content (AvgIpc) is 2.88. The van der Waals surface area contributed by atoms with E-state index >= 15 is 0 Å². The third-order valence-corrected chi connectivity index (χ3v) is 6.24. The Kier molecular flexibility index (Phi) is 7.52. The number of carbonyl (C=O) groups is 2. The van der Waals surface area contributed by atoms with E-state index in [2.05, 4.69) is 15.6 Å². The molecule has 1 fully saturated rings. The first-order valence-electron chi connectivity index (χ1n) is 11.5. The number of pyridine rings is 1. The Morgan fingerprint density at radius 1 is 1.00 bits per heavy atom. The molecule has 4 rings (SSSR count). The van der Waals surface area contributed by atoms with Gasteiger partial charge in [0.15, 0.2) is 0 Å². The van der Waals surface area contributed by atoms with Gasteiger partial charge in [0, 0.05) is 19.3 Å². The Labute approximate surface area is 199 Å². The zero-order chi connectivity index (χ0) is 23.9. The fourth-order valence-electron chi connectivity index (χ4n) is 4.33. The molecule has 3 aromatic rings. The number of carbonyl (C=O) groups excluding carboxylic acids is 2. The van der Waals surface area contributed by atoms with Crippen LogP contribution in [-0.2, 0) is 17.9 Å². The lowest BCUT2D eigenvalue weighted by molar-refractivity contribution is -0.127. The van der Waals surface area contributed by atoms with Crippen molar-refractivity contribution in [2.24, 2.45) is 5.92 Å². The van der Waals surface area contributed by atoms with Gasteiger partial charge in [-0.1, -0.05) is 48.5 Å². The van der Waals surface area contributed by atoms with E-state index in [1.165, 1.54) is 6.07 Å². The number of urea groups is 1. The van der Waals surface area contributed by atoms with E-state index in [4.69, 9.17) is 0 Å². The van der Waals surface area contributed by atoms with Crippen LogP contribution in [-0.4, -0.2) is 28.4 Å². The van der Waals surface area contributed by atoms with Crippen molar-refractivity contribution in [2.45, 2.75) is 38.9 Å². The highest BCUT2D eigenvalue weighted by Gasteiger charge is 2.35. The molecule has 0 spiro atoms. The minimum absolute atomic E-state index is 0.0970. The summed E-state index contributed by atoms with van der Waals surface area (Å²) < 4.78 is 13.9. The molecule has 0 bridgehead atoms. The molecule has 2 heterocycles. The number of halogens is 1. The highest BCUT2D eigenvalue weighted by Crippen LogP contribution is 2.34. The Morgan fingerprint density at radius 2 is 1.79 bits per heavy atom. The van der Waals surface area contributed by atoms with Gasteiger partial charge >= 0.3 is 6.03 Å². The summed E-state index contributed by atoms with van der Waals surface area (Å²) in [5.41, 5.74) is 3.19. The number of aromatic nitrogens is 1. The van der Waals surface area contributed by atoms with Crippen molar-refractivity contribution < 1.29 is 14.0 Å². The van der Waals surface area contributed by atoms with Crippen LogP contribution in [0.15, 0.2) is 72.9 Å². The minimum Gasteiger partial charge on any atom is -0.350 e. The molecule has 0 saturated carbocycles. The predicted molar refractivity (Wildman–Crippen MR) is 128 cm³/mol. The molecule has 1 aliphatic rings. The summed E-state index contributed by atoms with van der Waals surface area (Å²) in [5.74, 6) is -0.698. The molecule has 1 saturated heterocycles. The maximum atomic E-state index is 13.9. The van der Waals surface area contributed by atoms with Crippen LogP contribution in [0.3, 0.4) is 0 Å².